The van der Waals surface area contributed by atoms with Crippen LogP contribution in [-0.4, -0.2) is 11.5 Å². The molecule has 0 N–H and O–H groups in total. The van der Waals surface area contributed by atoms with Crippen LogP contribution in [-0.2, 0) is 4.74 Å². The third-order valence-electron chi connectivity index (χ3n) is 4.64. The molecule has 3 unspecified atom stereocenters. The van der Waals surface area contributed by atoms with Crippen LogP contribution in [0.15, 0.2) is 30.3 Å². The lowest BCUT2D eigenvalue weighted by Crippen LogP contribution is -2.55. The summed E-state index contributed by atoms with van der Waals surface area (Å²) in [5, 5.41) is 0.278. The fourth-order valence-corrected chi connectivity index (χ4v) is 3.70. The molecule has 0 radical (unpaired) electrons. The quantitative estimate of drug-likeness (QED) is 0.685. The third-order valence-corrected chi connectivity index (χ3v) is 5.25. The molecule has 1 fully saturated rings. The lowest BCUT2D eigenvalue weighted by atomic mass is 9.62. The van der Waals surface area contributed by atoms with Gasteiger partial charge in [0.15, 0.2) is 0 Å². The third kappa shape index (κ3) is 2.31. The number of ether oxygens (including phenoxy) is 1. The van der Waals surface area contributed by atoms with Crippen LogP contribution in [0.1, 0.15) is 51.7 Å². The molecule has 18 heavy (non-hydrogen) atoms. The van der Waals surface area contributed by atoms with Crippen LogP contribution in [0.2, 0.25) is 0 Å². The van der Waals surface area contributed by atoms with Crippen molar-refractivity contribution in [3.63, 3.8) is 0 Å². The highest BCUT2D eigenvalue weighted by Gasteiger charge is 2.53. The van der Waals surface area contributed by atoms with E-state index >= 15 is 0 Å². The molecule has 0 aliphatic heterocycles. The van der Waals surface area contributed by atoms with E-state index in [1.165, 1.54) is 5.56 Å². The molecule has 1 saturated carbocycles. The highest BCUT2D eigenvalue weighted by Crippen LogP contribution is 2.53. The zero-order valence-corrected chi connectivity index (χ0v) is 12.3. The molecule has 1 aromatic carbocycles. The molecule has 3 atom stereocenters. The first-order valence-corrected chi connectivity index (χ1v) is 7.42. The van der Waals surface area contributed by atoms with Gasteiger partial charge in [0.25, 0.3) is 0 Å². The first-order chi connectivity index (χ1) is 8.64. The summed E-state index contributed by atoms with van der Waals surface area (Å²) in [5.74, 6) is 0. The average Bonchev–Trinajstić information content (AvgIpc) is 2.40. The summed E-state index contributed by atoms with van der Waals surface area (Å²) < 4.78 is 6.26. The minimum Gasteiger partial charge on any atom is -0.370 e. The van der Waals surface area contributed by atoms with E-state index in [9.17, 15) is 0 Å². The van der Waals surface area contributed by atoms with Crippen LogP contribution >= 0.6 is 11.6 Å². The Hall–Kier alpha value is -0.530. The molecule has 0 saturated heterocycles. The van der Waals surface area contributed by atoms with Gasteiger partial charge in [-0.15, -0.1) is 11.6 Å². The molecular weight excluding hydrogens is 244 g/mol. The summed E-state index contributed by atoms with van der Waals surface area (Å²) in [6.45, 7) is 6.58. The fraction of sp³-hybridized carbons (Fsp3) is 0.625. The van der Waals surface area contributed by atoms with Crippen molar-refractivity contribution in [3.8, 4) is 0 Å². The van der Waals surface area contributed by atoms with Crippen molar-refractivity contribution in [1.29, 1.82) is 0 Å². The Morgan fingerprint density at radius 1 is 1.28 bits per heavy atom. The predicted molar refractivity (Wildman–Crippen MR) is 77.0 cm³/mol. The highest BCUT2D eigenvalue weighted by molar-refractivity contribution is 6.21. The van der Waals surface area contributed by atoms with Crippen LogP contribution in [0.25, 0.3) is 0 Å². The molecule has 1 aromatic rings. The van der Waals surface area contributed by atoms with Crippen molar-refractivity contribution < 1.29 is 4.74 Å². The number of halogens is 1. The molecule has 2 heteroatoms. The second-order valence-corrected chi connectivity index (χ2v) is 5.85. The van der Waals surface area contributed by atoms with Gasteiger partial charge in [0, 0.05) is 10.8 Å². The maximum Gasteiger partial charge on any atom is 0.0800 e. The monoisotopic (exact) mass is 266 g/mol. The summed E-state index contributed by atoms with van der Waals surface area (Å²) in [7, 11) is 0. The normalized spacial score (nSPS) is 27.6. The van der Waals surface area contributed by atoms with E-state index in [0.717, 1.165) is 19.3 Å². The molecule has 0 heterocycles. The van der Waals surface area contributed by atoms with Gasteiger partial charge < -0.3 is 4.74 Å². The maximum absolute atomic E-state index is 6.42. The van der Waals surface area contributed by atoms with Crippen LogP contribution in [0.4, 0.5) is 0 Å². The van der Waals surface area contributed by atoms with E-state index in [-0.39, 0.29) is 16.9 Å². The van der Waals surface area contributed by atoms with Crippen molar-refractivity contribution >= 4 is 11.6 Å². The summed E-state index contributed by atoms with van der Waals surface area (Å²) in [6.07, 6.45) is 3.65. The van der Waals surface area contributed by atoms with E-state index in [1.807, 2.05) is 6.07 Å². The number of hydrogen-bond donors (Lipinski definition) is 0. The minimum absolute atomic E-state index is 0.151. The van der Waals surface area contributed by atoms with Gasteiger partial charge in [-0.2, -0.15) is 0 Å². The zero-order valence-electron chi connectivity index (χ0n) is 11.5. The van der Waals surface area contributed by atoms with E-state index in [1.54, 1.807) is 0 Å². The molecule has 100 valence electrons. The lowest BCUT2D eigenvalue weighted by Gasteiger charge is -2.53. The van der Waals surface area contributed by atoms with Crippen molar-refractivity contribution in [2.45, 2.75) is 57.6 Å². The predicted octanol–water partition coefficient (Wildman–Crippen LogP) is 4.95. The van der Waals surface area contributed by atoms with Gasteiger partial charge in [-0.1, -0.05) is 44.2 Å². The Morgan fingerprint density at radius 3 is 2.39 bits per heavy atom. The van der Waals surface area contributed by atoms with E-state index in [2.05, 4.69) is 45.0 Å². The smallest absolute Gasteiger partial charge is 0.0800 e. The van der Waals surface area contributed by atoms with Gasteiger partial charge >= 0.3 is 0 Å². The Morgan fingerprint density at radius 2 is 1.89 bits per heavy atom. The average molecular weight is 267 g/mol. The molecule has 1 nitrogen and oxygen atoms in total. The van der Waals surface area contributed by atoms with Crippen molar-refractivity contribution in [2.75, 3.05) is 0 Å². The largest absolute Gasteiger partial charge is 0.370 e. The molecule has 0 aromatic heterocycles. The topological polar surface area (TPSA) is 9.23 Å². The summed E-state index contributed by atoms with van der Waals surface area (Å²) in [5.41, 5.74) is 1.43. The Balaban J connectivity index is 2.02. The number of hydrogen-bond acceptors (Lipinski definition) is 1. The SMILES string of the molecule is CCC1(CC)C(Cl)CC1OC(C)c1ccccc1. The highest BCUT2D eigenvalue weighted by atomic mass is 35.5. The Kier molecular flexibility index (Phi) is 4.34. The zero-order chi connectivity index (χ0) is 13.2. The molecule has 0 amide bonds. The van der Waals surface area contributed by atoms with Gasteiger partial charge in [0.05, 0.1) is 12.2 Å². The van der Waals surface area contributed by atoms with Gasteiger partial charge in [-0.05, 0) is 31.7 Å². The van der Waals surface area contributed by atoms with Crippen molar-refractivity contribution in [3.05, 3.63) is 35.9 Å². The molecule has 1 aliphatic rings. The maximum atomic E-state index is 6.42. The second-order valence-electron chi connectivity index (χ2n) is 5.32. The van der Waals surface area contributed by atoms with Crippen molar-refractivity contribution in [1.82, 2.24) is 0 Å². The van der Waals surface area contributed by atoms with E-state index < -0.39 is 0 Å². The molecule has 0 bridgehead atoms. The summed E-state index contributed by atoms with van der Waals surface area (Å²) in [4.78, 5) is 0. The van der Waals surface area contributed by atoms with E-state index in [0.29, 0.717) is 6.10 Å². The first-order valence-electron chi connectivity index (χ1n) is 6.98. The van der Waals surface area contributed by atoms with Crippen molar-refractivity contribution in [2.24, 2.45) is 5.41 Å². The summed E-state index contributed by atoms with van der Waals surface area (Å²) >= 11 is 6.42. The summed E-state index contributed by atoms with van der Waals surface area (Å²) in [6, 6.07) is 10.4. The van der Waals surface area contributed by atoms with Crippen LogP contribution in [0.5, 0.6) is 0 Å². The minimum atomic E-state index is 0.151. The van der Waals surface area contributed by atoms with Gasteiger partial charge in [-0.3, -0.25) is 0 Å². The lowest BCUT2D eigenvalue weighted by molar-refractivity contribution is -0.140. The Bertz CT molecular complexity index is 372. The van der Waals surface area contributed by atoms with Crippen LogP contribution in [0.3, 0.4) is 0 Å². The van der Waals surface area contributed by atoms with Crippen LogP contribution < -0.4 is 0 Å². The standard InChI is InChI=1S/C16H23ClO/c1-4-16(5-2)14(17)11-15(16)18-12(3)13-9-7-6-8-10-13/h6-10,12,14-15H,4-5,11H2,1-3H3. The molecule has 1 aliphatic carbocycles. The molecular formula is C16H23ClO. The molecule has 0 spiro atoms. The number of rotatable bonds is 5. The van der Waals surface area contributed by atoms with Gasteiger partial charge in [-0.25, -0.2) is 0 Å². The number of benzene rings is 1. The first kappa shape index (κ1) is 13.9. The van der Waals surface area contributed by atoms with E-state index in [4.69, 9.17) is 16.3 Å². The number of alkyl halides is 1. The Labute approximate surface area is 115 Å². The van der Waals surface area contributed by atoms with Gasteiger partial charge in [0.2, 0.25) is 0 Å². The molecule has 2 rings (SSSR count). The van der Waals surface area contributed by atoms with Crippen LogP contribution in [0, 0.1) is 5.41 Å². The fourth-order valence-electron chi connectivity index (χ4n) is 3.09. The second kappa shape index (κ2) is 5.63. The van der Waals surface area contributed by atoms with Gasteiger partial charge in [0.1, 0.15) is 0 Å².